The number of benzene rings is 2. The molecule has 0 spiro atoms. The third-order valence-corrected chi connectivity index (χ3v) is 5.89. The molecule has 0 aliphatic carbocycles. The van der Waals surface area contributed by atoms with Gasteiger partial charge in [-0.15, -0.1) is 6.58 Å². The van der Waals surface area contributed by atoms with Crippen LogP contribution in [0.25, 0.3) is 22.6 Å². The summed E-state index contributed by atoms with van der Waals surface area (Å²) in [4.78, 5) is 2.38. The van der Waals surface area contributed by atoms with Crippen molar-refractivity contribution in [1.82, 2.24) is 10.1 Å². The summed E-state index contributed by atoms with van der Waals surface area (Å²) in [6, 6.07) is 11.7. The van der Waals surface area contributed by atoms with E-state index in [0.717, 1.165) is 66.2 Å². The lowest BCUT2D eigenvalue weighted by atomic mass is 9.96. The monoisotopic (exact) mass is 450 g/mol. The third-order valence-electron chi connectivity index (χ3n) is 5.89. The first-order valence-corrected chi connectivity index (χ1v) is 11.1. The highest BCUT2D eigenvalue weighted by molar-refractivity contribution is 5.76. The first-order valence-electron chi connectivity index (χ1n) is 11.1. The molecular weight excluding hydrogens is 420 g/mol. The van der Waals surface area contributed by atoms with E-state index < -0.39 is 0 Å². The standard InChI is InChI=1S/C26H30N2O5/c1-4-11-28-12-9-19-16-23(30-2)24(31-3)17-22(19)26-21(10-13-28)25(27-33-26)18-5-7-20(8-6-18)32-15-14-29/h4-8,16-17,29H,1,9-15H2,2-3H3. The lowest BCUT2D eigenvalue weighted by Crippen LogP contribution is -2.28. The van der Waals surface area contributed by atoms with E-state index in [9.17, 15) is 0 Å². The highest BCUT2D eigenvalue weighted by Gasteiger charge is 2.25. The van der Waals surface area contributed by atoms with Gasteiger partial charge >= 0.3 is 0 Å². The molecule has 1 aliphatic rings. The fourth-order valence-corrected chi connectivity index (χ4v) is 4.22. The van der Waals surface area contributed by atoms with E-state index in [1.54, 1.807) is 14.2 Å². The van der Waals surface area contributed by atoms with E-state index >= 15 is 0 Å². The Hall–Kier alpha value is -3.29. The van der Waals surface area contributed by atoms with Crippen LogP contribution in [-0.2, 0) is 12.8 Å². The minimum atomic E-state index is -0.0204. The highest BCUT2D eigenvalue weighted by Crippen LogP contribution is 2.41. The molecule has 7 heteroatoms. The number of ether oxygens (including phenoxy) is 3. The summed E-state index contributed by atoms with van der Waals surface area (Å²) in [5, 5.41) is 13.4. The quantitative estimate of drug-likeness (QED) is 0.520. The maximum absolute atomic E-state index is 8.97. The summed E-state index contributed by atoms with van der Waals surface area (Å²) >= 11 is 0. The molecular formula is C26H30N2O5. The van der Waals surface area contributed by atoms with Gasteiger partial charge in [-0.3, -0.25) is 4.90 Å². The topological polar surface area (TPSA) is 77.2 Å². The van der Waals surface area contributed by atoms with E-state index in [2.05, 4.69) is 16.6 Å². The molecule has 4 rings (SSSR count). The van der Waals surface area contributed by atoms with Gasteiger partial charge in [0.2, 0.25) is 0 Å². The Bertz CT molecular complexity index is 1090. The predicted molar refractivity (Wildman–Crippen MR) is 127 cm³/mol. The predicted octanol–water partition coefficient (Wildman–Crippen LogP) is 3.98. The second kappa shape index (κ2) is 10.6. The molecule has 2 aromatic carbocycles. The van der Waals surface area contributed by atoms with Crippen molar-refractivity contribution in [2.24, 2.45) is 0 Å². The van der Waals surface area contributed by atoms with Crippen LogP contribution in [0.15, 0.2) is 53.6 Å². The minimum Gasteiger partial charge on any atom is -0.493 e. The van der Waals surface area contributed by atoms with Crippen molar-refractivity contribution in [3.63, 3.8) is 0 Å². The number of rotatable bonds is 8. The van der Waals surface area contributed by atoms with Crippen LogP contribution in [-0.4, -0.2) is 62.2 Å². The summed E-state index contributed by atoms with van der Waals surface area (Å²) in [5.41, 5.74) is 4.93. The number of aromatic nitrogens is 1. The smallest absolute Gasteiger partial charge is 0.171 e. The lowest BCUT2D eigenvalue weighted by molar-refractivity contribution is 0.201. The molecule has 0 unspecified atom stereocenters. The number of methoxy groups -OCH3 is 2. The second-order valence-electron chi connectivity index (χ2n) is 7.89. The van der Waals surface area contributed by atoms with Gasteiger partial charge in [0.15, 0.2) is 17.3 Å². The van der Waals surface area contributed by atoms with Crippen LogP contribution in [0.1, 0.15) is 11.1 Å². The van der Waals surface area contributed by atoms with Crippen LogP contribution >= 0.6 is 0 Å². The van der Waals surface area contributed by atoms with E-state index in [-0.39, 0.29) is 13.2 Å². The maximum Gasteiger partial charge on any atom is 0.171 e. The van der Waals surface area contributed by atoms with Crippen LogP contribution in [0.5, 0.6) is 17.2 Å². The molecule has 0 saturated heterocycles. The van der Waals surface area contributed by atoms with Crippen molar-refractivity contribution < 1.29 is 23.8 Å². The van der Waals surface area contributed by atoms with Crippen molar-refractivity contribution in [1.29, 1.82) is 0 Å². The van der Waals surface area contributed by atoms with E-state index in [1.807, 2.05) is 42.5 Å². The van der Waals surface area contributed by atoms with Gasteiger partial charge in [0.25, 0.3) is 0 Å². The van der Waals surface area contributed by atoms with Crippen molar-refractivity contribution in [2.75, 3.05) is 47.1 Å². The minimum absolute atomic E-state index is 0.0204. The van der Waals surface area contributed by atoms with Crippen LogP contribution in [0.3, 0.4) is 0 Å². The molecule has 0 amide bonds. The van der Waals surface area contributed by atoms with Gasteiger partial charge in [0, 0.05) is 36.3 Å². The number of fused-ring (bicyclic) bond motifs is 3. The highest BCUT2D eigenvalue weighted by atomic mass is 16.5. The van der Waals surface area contributed by atoms with Crippen LogP contribution < -0.4 is 14.2 Å². The summed E-state index contributed by atoms with van der Waals surface area (Å²) in [7, 11) is 3.29. The zero-order valence-corrected chi connectivity index (χ0v) is 19.2. The molecule has 1 aromatic heterocycles. The van der Waals surface area contributed by atoms with Crippen molar-refractivity contribution in [3.05, 3.63) is 60.2 Å². The van der Waals surface area contributed by atoms with Gasteiger partial charge in [0.1, 0.15) is 18.1 Å². The number of aliphatic hydroxyl groups is 1. The van der Waals surface area contributed by atoms with Gasteiger partial charge in [-0.05, 0) is 54.8 Å². The van der Waals surface area contributed by atoms with Gasteiger partial charge in [-0.2, -0.15) is 0 Å². The summed E-state index contributed by atoms with van der Waals surface area (Å²) < 4.78 is 22.6. The molecule has 0 atom stereocenters. The van der Waals surface area contributed by atoms with Crippen molar-refractivity contribution in [2.45, 2.75) is 12.8 Å². The molecule has 1 N–H and O–H groups in total. The van der Waals surface area contributed by atoms with Gasteiger partial charge in [-0.1, -0.05) is 11.2 Å². The van der Waals surface area contributed by atoms with Crippen LogP contribution in [0.2, 0.25) is 0 Å². The molecule has 33 heavy (non-hydrogen) atoms. The Balaban J connectivity index is 1.80. The molecule has 0 bridgehead atoms. The average molecular weight is 451 g/mol. The molecule has 7 nitrogen and oxygen atoms in total. The average Bonchev–Trinajstić information content (AvgIpc) is 3.29. The van der Waals surface area contributed by atoms with Gasteiger partial charge in [-0.25, -0.2) is 0 Å². The van der Waals surface area contributed by atoms with Crippen LogP contribution in [0.4, 0.5) is 0 Å². The van der Waals surface area contributed by atoms with Gasteiger partial charge in [0.05, 0.1) is 20.8 Å². The Kier molecular flexibility index (Phi) is 7.32. The zero-order chi connectivity index (χ0) is 23.2. The molecule has 0 radical (unpaired) electrons. The SMILES string of the molecule is C=CCN1CCc2cc(OC)c(OC)cc2-c2onc(-c3ccc(OCCO)cc3)c2CC1. The Morgan fingerprint density at radius 2 is 1.82 bits per heavy atom. The number of nitrogens with zero attached hydrogens (tertiary/aromatic N) is 2. The van der Waals surface area contributed by atoms with Crippen molar-refractivity contribution in [3.8, 4) is 39.8 Å². The third kappa shape index (κ3) is 4.89. The summed E-state index contributed by atoms with van der Waals surface area (Å²) in [5.74, 6) is 2.83. The fourth-order valence-electron chi connectivity index (χ4n) is 4.22. The number of hydrogen-bond acceptors (Lipinski definition) is 7. The Morgan fingerprint density at radius 3 is 2.52 bits per heavy atom. The second-order valence-corrected chi connectivity index (χ2v) is 7.89. The number of hydrogen-bond donors (Lipinski definition) is 1. The normalized spacial score (nSPS) is 13.8. The summed E-state index contributed by atoms with van der Waals surface area (Å²) in [6.45, 7) is 6.75. The van der Waals surface area contributed by atoms with E-state index in [0.29, 0.717) is 17.2 Å². The lowest BCUT2D eigenvalue weighted by Gasteiger charge is -2.20. The first-order chi connectivity index (χ1) is 16.2. The molecule has 3 aromatic rings. The molecule has 0 saturated carbocycles. The van der Waals surface area contributed by atoms with Crippen LogP contribution in [0, 0.1) is 0 Å². The molecule has 0 fully saturated rings. The largest absolute Gasteiger partial charge is 0.493 e. The van der Waals surface area contributed by atoms with E-state index in [1.165, 1.54) is 0 Å². The van der Waals surface area contributed by atoms with Gasteiger partial charge < -0.3 is 23.8 Å². The Morgan fingerprint density at radius 1 is 1.09 bits per heavy atom. The fraction of sp³-hybridized carbons (Fsp3) is 0.346. The first kappa shape index (κ1) is 22.9. The maximum atomic E-state index is 8.97. The molecule has 2 heterocycles. The zero-order valence-electron chi connectivity index (χ0n) is 19.2. The molecule has 174 valence electrons. The van der Waals surface area contributed by atoms with E-state index in [4.69, 9.17) is 23.8 Å². The molecule has 1 aliphatic heterocycles. The Labute approximate surface area is 194 Å². The summed E-state index contributed by atoms with van der Waals surface area (Å²) in [6.07, 6.45) is 3.57. The van der Waals surface area contributed by atoms with Crippen molar-refractivity contribution >= 4 is 0 Å². The number of aliphatic hydroxyl groups excluding tert-OH is 1.